The van der Waals surface area contributed by atoms with E-state index in [1.807, 2.05) is 27.0 Å². The molecule has 2 aliphatic rings. The fourth-order valence-corrected chi connectivity index (χ4v) is 4.53. The van der Waals surface area contributed by atoms with Gasteiger partial charge in [-0.15, -0.1) is 0 Å². The van der Waals surface area contributed by atoms with Crippen LogP contribution in [-0.4, -0.2) is 53.2 Å². The molecule has 0 aliphatic carbocycles. The minimum absolute atomic E-state index is 0.282. The van der Waals surface area contributed by atoms with Gasteiger partial charge in [0.05, 0.1) is 11.2 Å². The van der Waals surface area contributed by atoms with Crippen LogP contribution in [0, 0.1) is 5.92 Å². The molecule has 5 nitrogen and oxygen atoms in total. The van der Waals surface area contributed by atoms with E-state index in [2.05, 4.69) is 49.2 Å². The molecule has 2 aromatic rings. The highest BCUT2D eigenvalue weighted by Crippen LogP contribution is 2.32. The van der Waals surface area contributed by atoms with Crippen molar-refractivity contribution in [1.82, 2.24) is 14.8 Å². The average Bonchev–Trinajstić information content (AvgIpc) is 2.72. The largest absolute Gasteiger partial charge is 0.443 e. The summed E-state index contributed by atoms with van der Waals surface area (Å²) in [6, 6.07) is 8.65. The van der Waals surface area contributed by atoms with Gasteiger partial charge in [0.2, 0.25) is 0 Å². The molecule has 1 atom stereocenters. The van der Waals surface area contributed by atoms with Gasteiger partial charge < -0.3 is 9.64 Å². The summed E-state index contributed by atoms with van der Waals surface area (Å²) in [7, 11) is 2.19. The lowest BCUT2D eigenvalue weighted by molar-refractivity contribution is 0.0327. The first-order chi connectivity index (χ1) is 14.7. The number of aromatic nitrogens is 1. The van der Waals surface area contributed by atoms with Gasteiger partial charge in [-0.2, -0.15) is 0 Å². The topological polar surface area (TPSA) is 45.7 Å². The zero-order valence-corrected chi connectivity index (χ0v) is 19.5. The van der Waals surface area contributed by atoms with Gasteiger partial charge in [0, 0.05) is 23.7 Å². The van der Waals surface area contributed by atoms with Crippen LogP contribution in [0.5, 0.6) is 0 Å². The van der Waals surface area contributed by atoms with E-state index in [1.165, 1.54) is 18.4 Å². The van der Waals surface area contributed by atoms with E-state index >= 15 is 0 Å². The molecule has 4 rings (SSSR count). The van der Waals surface area contributed by atoms with Crippen LogP contribution in [0.2, 0.25) is 0 Å². The molecule has 0 bridgehead atoms. The van der Waals surface area contributed by atoms with Crippen molar-refractivity contribution < 1.29 is 9.53 Å². The van der Waals surface area contributed by atoms with Gasteiger partial charge in [-0.1, -0.05) is 25.1 Å². The SMILES string of the molecule is C[C@H]1CC=C(c2ccc3cc(C4CCN(C)CC4)cnc3c2)N(C(=O)OC(C)(C)C)C1. The molecule has 1 saturated heterocycles. The number of ether oxygens (including phenoxy) is 1. The monoisotopic (exact) mass is 421 g/mol. The molecule has 0 N–H and O–H groups in total. The van der Waals surface area contributed by atoms with Gasteiger partial charge in [0.25, 0.3) is 0 Å². The van der Waals surface area contributed by atoms with Gasteiger partial charge in [-0.05, 0) is 89.7 Å². The Morgan fingerprint density at radius 2 is 1.90 bits per heavy atom. The van der Waals surface area contributed by atoms with Crippen LogP contribution in [-0.2, 0) is 4.74 Å². The van der Waals surface area contributed by atoms with Gasteiger partial charge >= 0.3 is 6.09 Å². The Morgan fingerprint density at radius 3 is 2.61 bits per heavy atom. The van der Waals surface area contributed by atoms with Crippen molar-refractivity contribution >= 4 is 22.7 Å². The lowest BCUT2D eigenvalue weighted by atomic mass is 9.90. The Bertz CT molecular complexity index is 984. The molecular weight excluding hydrogens is 386 g/mol. The number of piperidine rings is 1. The summed E-state index contributed by atoms with van der Waals surface area (Å²) < 4.78 is 5.68. The highest BCUT2D eigenvalue weighted by Gasteiger charge is 2.29. The normalized spacial score (nSPS) is 21.3. The second kappa shape index (κ2) is 8.62. The third kappa shape index (κ3) is 5.09. The van der Waals surface area contributed by atoms with Crippen molar-refractivity contribution in [1.29, 1.82) is 0 Å². The summed E-state index contributed by atoms with van der Waals surface area (Å²) >= 11 is 0. The molecule has 0 unspecified atom stereocenters. The quantitative estimate of drug-likeness (QED) is 0.627. The minimum Gasteiger partial charge on any atom is -0.443 e. The standard InChI is InChI=1S/C26H35N3O2/c1-18-6-9-24(29(17-18)25(30)31-26(2,3)4)21-8-7-20-14-22(16-27-23(20)15-21)19-10-12-28(5)13-11-19/h7-9,14-16,18-19H,6,10-13,17H2,1-5H3/t18-/m0/s1. The van der Waals surface area contributed by atoms with Crippen LogP contribution >= 0.6 is 0 Å². The Kier molecular flexibility index (Phi) is 6.07. The second-order valence-corrected chi connectivity index (χ2v) is 10.3. The maximum Gasteiger partial charge on any atom is 0.414 e. The van der Waals surface area contributed by atoms with Crippen molar-refractivity contribution in [2.75, 3.05) is 26.7 Å². The first-order valence-corrected chi connectivity index (χ1v) is 11.5. The molecule has 5 heteroatoms. The molecule has 3 heterocycles. The molecule has 2 aliphatic heterocycles. The van der Waals surface area contributed by atoms with Crippen molar-refractivity contribution in [3.05, 3.63) is 47.7 Å². The van der Waals surface area contributed by atoms with E-state index < -0.39 is 5.60 Å². The Balaban J connectivity index is 1.60. The zero-order chi connectivity index (χ0) is 22.2. The van der Waals surface area contributed by atoms with Gasteiger partial charge in [-0.25, -0.2) is 4.79 Å². The summed E-state index contributed by atoms with van der Waals surface area (Å²) in [5, 5.41) is 1.16. The highest BCUT2D eigenvalue weighted by atomic mass is 16.6. The highest BCUT2D eigenvalue weighted by molar-refractivity contribution is 5.87. The molecule has 31 heavy (non-hydrogen) atoms. The predicted octanol–water partition coefficient (Wildman–Crippen LogP) is 5.66. The maximum absolute atomic E-state index is 12.9. The first-order valence-electron chi connectivity index (χ1n) is 11.5. The smallest absolute Gasteiger partial charge is 0.414 e. The van der Waals surface area contributed by atoms with E-state index in [0.717, 1.165) is 41.7 Å². The molecule has 1 aromatic heterocycles. The molecule has 0 saturated carbocycles. The minimum atomic E-state index is -0.516. The molecule has 166 valence electrons. The number of nitrogens with zero attached hydrogens (tertiary/aromatic N) is 3. The predicted molar refractivity (Wildman–Crippen MR) is 126 cm³/mol. The lowest BCUT2D eigenvalue weighted by Gasteiger charge is -2.34. The third-order valence-corrected chi connectivity index (χ3v) is 6.30. The fourth-order valence-electron chi connectivity index (χ4n) is 4.53. The van der Waals surface area contributed by atoms with E-state index in [1.54, 1.807) is 4.90 Å². The lowest BCUT2D eigenvalue weighted by Crippen LogP contribution is -2.39. The van der Waals surface area contributed by atoms with Gasteiger partial charge in [0.15, 0.2) is 0 Å². The van der Waals surface area contributed by atoms with Crippen molar-refractivity contribution in [3.63, 3.8) is 0 Å². The Labute approximate surface area is 186 Å². The summed E-state index contributed by atoms with van der Waals surface area (Å²) in [6.45, 7) is 10.8. The number of benzene rings is 1. The summed E-state index contributed by atoms with van der Waals surface area (Å²) in [6.07, 6.45) is 7.26. The number of hydrogen-bond donors (Lipinski definition) is 0. The van der Waals surface area contributed by atoms with Crippen LogP contribution in [0.4, 0.5) is 4.79 Å². The van der Waals surface area contributed by atoms with Gasteiger partial charge in [-0.3, -0.25) is 9.88 Å². The fraction of sp³-hybridized carbons (Fsp3) is 0.538. The van der Waals surface area contributed by atoms with Crippen LogP contribution < -0.4 is 0 Å². The van der Waals surface area contributed by atoms with Crippen molar-refractivity contribution in [3.8, 4) is 0 Å². The molecule has 0 spiro atoms. The maximum atomic E-state index is 12.9. The van der Waals surface area contributed by atoms with Crippen LogP contribution in [0.25, 0.3) is 16.6 Å². The number of rotatable bonds is 2. The van der Waals surface area contributed by atoms with Gasteiger partial charge in [0.1, 0.15) is 5.60 Å². The number of amides is 1. The summed E-state index contributed by atoms with van der Waals surface area (Å²) in [5.74, 6) is 1.00. The Morgan fingerprint density at radius 1 is 1.16 bits per heavy atom. The molecule has 1 amide bonds. The van der Waals surface area contributed by atoms with Crippen molar-refractivity contribution in [2.45, 2.75) is 58.5 Å². The van der Waals surface area contributed by atoms with Crippen LogP contribution in [0.15, 0.2) is 36.5 Å². The molecular formula is C26H35N3O2. The van der Waals surface area contributed by atoms with Crippen molar-refractivity contribution in [2.24, 2.45) is 5.92 Å². The van der Waals surface area contributed by atoms with E-state index in [0.29, 0.717) is 18.4 Å². The molecule has 1 aromatic carbocycles. The second-order valence-electron chi connectivity index (χ2n) is 10.3. The average molecular weight is 422 g/mol. The zero-order valence-electron chi connectivity index (χ0n) is 19.5. The Hall–Kier alpha value is -2.40. The number of carbonyl (C=O) groups excluding carboxylic acids is 1. The number of pyridine rings is 1. The van der Waals surface area contributed by atoms with E-state index in [-0.39, 0.29) is 6.09 Å². The number of allylic oxidation sites excluding steroid dienone is 1. The van der Waals surface area contributed by atoms with Crippen LogP contribution in [0.3, 0.4) is 0 Å². The number of hydrogen-bond acceptors (Lipinski definition) is 4. The summed E-state index contributed by atoms with van der Waals surface area (Å²) in [5.41, 5.74) is 3.74. The van der Waals surface area contributed by atoms with Crippen LogP contribution in [0.1, 0.15) is 64.0 Å². The first kappa shape index (κ1) is 21.8. The summed E-state index contributed by atoms with van der Waals surface area (Å²) in [4.78, 5) is 21.9. The molecule has 0 radical (unpaired) electrons. The number of likely N-dealkylation sites (tertiary alicyclic amines) is 1. The third-order valence-electron chi connectivity index (χ3n) is 6.30. The molecule has 1 fully saturated rings. The number of carbonyl (C=O) groups is 1. The van der Waals surface area contributed by atoms with E-state index in [9.17, 15) is 4.79 Å². The van der Waals surface area contributed by atoms with E-state index in [4.69, 9.17) is 9.72 Å². The number of fused-ring (bicyclic) bond motifs is 1.